The molecule has 192 valence electrons. The predicted octanol–water partition coefficient (Wildman–Crippen LogP) is 5.19. The molecule has 1 amide bonds. The summed E-state index contributed by atoms with van der Waals surface area (Å²) in [7, 11) is 1.87. The summed E-state index contributed by atoms with van der Waals surface area (Å²) in [5, 5.41) is 5.76. The van der Waals surface area contributed by atoms with Crippen molar-refractivity contribution in [2.24, 2.45) is 7.05 Å². The van der Waals surface area contributed by atoms with E-state index in [2.05, 4.69) is 16.1 Å². The molecule has 2 aromatic heterocycles. The Hall–Kier alpha value is -3.49. The fourth-order valence-corrected chi connectivity index (χ4v) is 5.27. The molecule has 2 aromatic carbocycles. The van der Waals surface area contributed by atoms with Crippen LogP contribution in [-0.4, -0.2) is 49.8 Å². The van der Waals surface area contributed by atoms with Crippen molar-refractivity contribution in [1.29, 1.82) is 0 Å². The zero-order chi connectivity index (χ0) is 26.3. The SMILES string of the molecule is Cc1cc(Cl)c(COc2cccc3c(-c4ncnn4C)cc(C)nc23)c([C@H](C)N2C[C@H](C)OCC2=O)c1. The van der Waals surface area contributed by atoms with Crippen LogP contribution in [0.5, 0.6) is 5.75 Å². The summed E-state index contributed by atoms with van der Waals surface area (Å²) in [6.07, 6.45) is 1.52. The molecule has 0 radical (unpaired) electrons. The zero-order valence-electron chi connectivity index (χ0n) is 21.7. The Morgan fingerprint density at radius 3 is 2.81 bits per heavy atom. The van der Waals surface area contributed by atoms with Crippen molar-refractivity contribution in [3.8, 4) is 17.1 Å². The summed E-state index contributed by atoms with van der Waals surface area (Å²) in [4.78, 5) is 23.7. The van der Waals surface area contributed by atoms with Gasteiger partial charge in [-0.1, -0.05) is 29.8 Å². The molecule has 2 atom stereocenters. The molecule has 9 heteroatoms. The Labute approximate surface area is 221 Å². The molecule has 1 fully saturated rings. The van der Waals surface area contributed by atoms with Crippen LogP contribution in [-0.2, 0) is 23.2 Å². The number of morpholine rings is 1. The predicted molar refractivity (Wildman–Crippen MR) is 143 cm³/mol. The van der Waals surface area contributed by atoms with Gasteiger partial charge in [0.25, 0.3) is 0 Å². The van der Waals surface area contributed by atoms with Crippen molar-refractivity contribution in [2.45, 2.75) is 46.4 Å². The summed E-state index contributed by atoms with van der Waals surface area (Å²) in [5.41, 5.74) is 5.39. The lowest BCUT2D eigenvalue weighted by Crippen LogP contribution is -2.46. The highest BCUT2D eigenvalue weighted by atomic mass is 35.5. The number of carbonyl (C=O) groups excluding carboxylic acids is 1. The Morgan fingerprint density at radius 1 is 1.24 bits per heavy atom. The molecule has 1 aliphatic rings. The van der Waals surface area contributed by atoms with E-state index in [-0.39, 0.29) is 31.3 Å². The van der Waals surface area contributed by atoms with Crippen molar-refractivity contribution in [2.75, 3.05) is 13.2 Å². The maximum Gasteiger partial charge on any atom is 0.249 e. The number of para-hydroxylation sites is 1. The average Bonchev–Trinajstić information content (AvgIpc) is 3.29. The topological polar surface area (TPSA) is 82.4 Å². The summed E-state index contributed by atoms with van der Waals surface area (Å²) in [5.74, 6) is 1.38. The van der Waals surface area contributed by atoms with Gasteiger partial charge in [0.2, 0.25) is 5.91 Å². The number of halogens is 1. The lowest BCUT2D eigenvalue weighted by atomic mass is 9.97. The number of rotatable bonds is 6. The van der Waals surface area contributed by atoms with Crippen LogP contribution in [0.15, 0.2) is 42.7 Å². The molecule has 0 N–H and O–H groups in total. The minimum absolute atomic E-state index is 0.0201. The molecule has 5 rings (SSSR count). The van der Waals surface area contributed by atoms with Crippen LogP contribution in [0.1, 0.15) is 42.3 Å². The highest BCUT2D eigenvalue weighted by Gasteiger charge is 2.30. The van der Waals surface area contributed by atoms with Gasteiger partial charge in [0.05, 0.1) is 12.1 Å². The number of pyridine rings is 1. The fourth-order valence-electron chi connectivity index (χ4n) is 4.94. The van der Waals surface area contributed by atoms with E-state index in [0.717, 1.165) is 44.7 Å². The maximum atomic E-state index is 12.7. The minimum atomic E-state index is -0.176. The van der Waals surface area contributed by atoms with Crippen LogP contribution in [0, 0.1) is 13.8 Å². The molecule has 37 heavy (non-hydrogen) atoms. The second-order valence-corrected chi connectivity index (χ2v) is 10.0. The highest BCUT2D eigenvalue weighted by molar-refractivity contribution is 6.31. The van der Waals surface area contributed by atoms with Crippen molar-refractivity contribution in [1.82, 2.24) is 24.6 Å². The number of amides is 1. The van der Waals surface area contributed by atoms with Crippen molar-refractivity contribution >= 4 is 28.4 Å². The van der Waals surface area contributed by atoms with Crippen LogP contribution in [0.3, 0.4) is 0 Å². The standard InChI is InChI=1S/C28H30ClN5O3/c1-16-9-21(19(4)34-12-18(3)36-14-26(34)35)23(24(29)10-16)13-37-25-8-6-7-20-22(11-17(2)32-27(20)25)28-30-15-31-33(28)5/h6-11,15,18-19H,12-14H2,1-5H3/t18-,19-/m0/s1. The van der Waals surface area contributed by atoms with Gasteiger partial charge in [0, 0.05) is 40.8 Å². The highest BCUT2D eigenvalue weighted by Crippen LogP contribution is 2.35. The van der Waals surface area contributed by atoms with Gasteiger partial charge in [-0.15, -0.1) is 0 Å². The van der Waals surface area contributed by atoms with Gasteiger partial charge >= 0.3 is 0 Å². The molecule has 0 aliphatic carbocycles. The summed E-state index contributed by atoms with van der Waals surface area (Å²) in [6.45, 7) is 8.82. The Bertz CT molecular complexity index is 1480. The van der Waals surface area contributed by atoms with Gasteiger partial charge < -0.3 is 14.4 Å². The molecular weight excluding hydrogens is 490 g/mol. The molecule has 0 unspecified atom stereocenters. The number of hydrogen-bond donors (Lipinski definition) is 0. The van der Waals surface area contributed by atoms with Gasteiger partial charge in [-0.05, 0) is 57.0 Å². The van der Waals surface area contributed by atoms with Gasteiger partial charge in [0.15, 0.2) is 5.82 Å². The van der Waals surface area contributed by atoms with E-state index < -0.39 is 0 Å². The first-order valence-electron chi connectivity index (χ1n) is 12.3. The summed E-state index contributed by atoms with van der Waals surface area (Å²) < 4.78 is 13.7. The minimum Gasteiger partial charge on any atom is -0.487 e. The largest absolute Gasteiger partial charge is 0.487 e. The first kappa shape index (κ1) is 25.2. The first-order chi connectivity index (χ1) is 17.7. The number of aromatic nitrogens is 4. The molecule has 8 nitrogen and oxygen atoms in total. The van der Waals surface area contributed by atoms with E-state index >= 15 is 0 Å². The van der Waals surface area contributed by atoms with Crippen LogP contribution < -0.4 is 4.74 Å². The third kappa shape index (κ3) is 4.91. The van der Waals surface area contributed by atoms with E-state index in [1.165, 1.54) is 0 Å². The van der Waals surface area contributed by atoms with E-state index in [1.807, 2.05) is 70.0 Å². The lowest BCUT2D eigenvalue weighted by Gasteiger charge is -2.36. The Morgan fingerprint density at radius 2 is 2.05 bits per heavy atom. The summed E-state index contributed by atoms with van der Waals surface area (Å²) >= 11 is 6.76. The van der Waals surface area contributed by atoms with Crippen LogP contribution >= 0.6 is 11.6 Å². The van der Waals surface area contributed by atoms with E-state index in [0.29, 0.717) is 17.3 Å². The van der Waals surface area contributed by atoms with Gasteiger partial charge in [-0.3, -0.25) is 4.79 Å². The summed E-state index contributed by atoms with van der Waals surface area (Å²) in [6, 6.07) is 11.7. The number of hydrogen-bond acceptors (Lipinski definition) is 6. The van der Waals surface area contributed by atoms with Crippen molar-refractivity contribution < 1.29 is 14.3 Å². The fraction of sp³-hybridized carbons (Fsp3) is 0.357. The third-order valence-corrected chi connectivity index (χ3v) is 7.15. The number of aryl methyl sites for hydroxylation is 3. The molecule has 3 heterocycles. The lowest BCUT2D eigenvalue weighted by molar-refractivity contribution is -0.150. The van der Waals surface area contributed by atoms with E-state index in [1.54, 1.807) is 11.0 Å². The second-order valence-electron chi connectivity index (χ2n) is 9.62. The molecule has 1 aliphatic heterocycles. The molecule has 0 bridgehead atoms. The normalized spacial score (nSPS) is 16.9. The van der Waals surface area contributed by atoms with Crippen LogP contribution in [0.25, 0.3) is 22.3 Å². The van der Waals surface area contributed by atoms with Gasteiger partial charge in [0.1, 0.15) is 30.8 Å². The van der Waals surface area contributed by atoms with Crippen LogP contribution in [0.4, 0.5) is 0 Å². The molecule has 4 aromatic rings. The van der Waals surface area contributed by atoms with Gasteiger partial charge in [-0.2, -0.15) is 5.10 Å². The average molecular weight is 520 g/mol. The Kier molecular flexibility index (Phi) is 6.88. The second kappa shape index (κ2) is 10.1. The van der Waals surface area contributed by atoms with Crippen molar-refractivity contribution in [3.05, 3.63) is 70.1 Å². The maximum absolute atomic E-state index is 12.7. The Balaban J connectivity index is 1.51. The smallest absolute Gasteiger partial charge is 0.249 e. The number of benzene rings is 2. The number of carbonyl (C=O) groups is 1. The monoisotopic (exact) mass is 519 g/mol. The van der Waals surface area contributed by atoms with Crippen molar-refractivity contribution in [3.63, 3.8) is 0 Å². The van der Waals surface area contributed by atoms with E-state index in [9.17, 15) is 4.79 Å². The van der Waals surface area contributed by atoms with Crippen LogP contribution in [0.2, 0.25) is 5.02 Å². The zero-order valence-corrected chi connectivity index (χ0v) is 22.4. The number of fused-ring (bicyclic) bond motifs is 1. The number of nitrogens with zero attached hydrogens (tertiary/aromatic N) is 5. The quantitative estimate of drug-likeness (QED) is 0.349. The molecule has 0 spiro atoms. The molecule has 0 saturated carbocycles. The van der Waals surface area contributed by atoms with E-state index in [4.69, 9.17) is 26.1 Å². The molecular formula is C28H30ClN5O3. The van der Waals surface area contributed by atoms with Gasteiger partial charge in [-0.25, -0.2) is 14.6 Å². The first-order valence-corrected chi connectivity index (χ1v) is 12.7. The number of ether oxygens (including phenoxy) is 2. The molecule has 1 saturated heterocycles. The third-order valence-electron chi connectivity index (χ3n) is 6.81.